The summed E-state index contributed by atoms with van der Waals surface area (Å²) in [5.41, 5.74) is 4.72. The number of methoxy groups -OCH3 is 1. The summed E-state index contributed by atoms with van der Waals surface area (Å²) in [6.45, 7) is 0.748. The van der Waals surface area contributed by atoms with Crippen molar-refractivity contribution in [3.8, 4) is 5.75 Å². The van der Waals surface area contributed by atoms with Crippen molar-refractivity contribution in [3.05, 3.63) is 48.2 Å². The Morgan fingerprint density at radius 3 is 2.84 bits per heavy atom. The number of nitrogens with two attached hydrogens (primary N) is 1. The van der Waals surface area contributed by atoms with E-state index in [-0.39, 0.29) is 0 Å². The zero-order valence-electron chi connectivity index (χ0n) is 11.1. The molecule has 0 aliphatic rings. The zero-order chi connectivity index (χ0) is 13.7. The molecule has 0 spiro atoms. The minimum absolute atomic E-state index is 0.658. The van der Waals surface area contributed by atoms with E-state index in [0.29, 0.717) is 5.82 Å². The van der Waals surface area contributed by atoms with Crippen LogP contribution < -0.4 is 20.9 Å². The highest BCUT2D eigenvalue weighted by molar-refractivity contribution is 5.58. The molecule has 1 aromatic carbocycles. The number of benzene rings is 1. The predicted molar refractivity (Wildman–Crippen MR) is 77.1 cm³/mol. The summed E-state index contributed by atoms with van der Waals surface area (Å²) in [4.78, 5) is 6.21. The van der Waals surface area contributed by atoms with Gasteiger partial charge >= 0.3 is 0 Å². The maximum absolute atomic E-state index is 5.36. The summed E-state index contributed by atoms with van der Waals surface area (Å²) in [6, 6.07) is 11.8. The number of hydrazine groups is 1. The third kappa shape index (κ3) is 3.14. The van der Waals surface area contributed by atoms with Crippen LogP contribution in [-0.2, 0) is 6.54 Å². The molecular formula is C14H18N4O. The van der Waals surface area contributed by atoms with Crippen molar-refractivity contribution < 1.29 is 4.74 Å². The summed E-state index contributed by atoms with van der Waals surface area (Å²) >= 11 is 0. The van der Waals surface area contributed by atoms with E-state index in [1.54, 1.807) is 13.3 Å². The molecule has 2 aromatic rings. The third-order valence-electron chi connectivity index (χ3n) is 2.89. The number of pyridine rings is 1. The molecule has 0 aliphatic carbocycles. The second-order valence-electron chi connectivity index (χ2n) is 4.22. The van der Waals surface area contributed by atoms with Gasteiger partial charge in [0.15, 0.2) is 0 Å². The van der Waals surface area contributed by atoms with E-state index in [1.165, 1.54) is 0 Å². The van der Waals surface area contributed by atoms with Crippen LogP contribution in [0.15, 0.2) is 42.6 Å². The average molecular weight is 258 g/mol. The van der Waals surface area contributed by atoms with E-state index in [0.717, 1.165) is 23.5 Å². The monoisotopic (exact) mass is 258 g/mol. The number of ether oxygens (including phenoxy) is 1. The smallest absolute Gasteiger partial charge is 0.142 e. The van der Waals surface area contributed by atoms with Crippen LogP contribution in [0.5, 0.6) is 5.75 Å². The molecule has 0 unspecified atom stereocenters. The van der Waals surface area contributed by atoms with Gasteiger partial charge in [-0.3, -0.25) is 0 Å². The number of nitrogens with zero attached hydrogens (tertiary/aromatic N) is 2. The van der Waals surface area contributed by atoms with Gasteiger partial charge in [-0.05, 0) is 29.8 Å². The van der Waals surface area contributed by atoms with Crippen molar-refractivity contribution in [1.29, 1.82) is 0 Å². The van der Waals surface area contributed by atoms with Crippen LogP contribution >= 0.6 is 0 Å². The van der Waals surface area contributed by atoms with Gasteiger partial charge < -0.3 is 15.1 Å². The van der Waals surface area contributed by atoms with Crippen LogP contribution in [0.4, 0.5) is 11.5 Å². The molecule has 0 bridgehead atoms. The molecule has 0 saturated heterocycles. The predicted octanol–water partition coefficient (Wildman–Crippen LogP) is 2.01. The minimum Gasteiger partial charge on any atom is -0.495 e. The lowest BCUT2D eigenvalue weighted by Gasteiger charge is -2.21. The second kappa shape index (κ2) is 6.06. The van der Waals surface area contributed by atoms with Crippen LogP contribution in [-0.4, -0.2) is 19.1 Å². The standard InChI is InChI=1S/C14H18N4O/c1-18(12-5-3-4-6-13(12)19-2)10-11-7-8-16-14(9-11)17-15/h3-9H,10,15H2,1-2H3,(H,16,17). The Morgan fingerprint density at radius 1 is 1.32 bits per heavy atom. The Bertz CT molecular complexity index is 544. The maximum atomic E-state index is 5.36. The highest BCUT2D eigenvalue weighted by Gasteiger charge is 2.08. The van der Waals surface area contributed by atoms with Gasteiger partial charge in [-0.25, -0.2) is 10.8 Å². The second-order valence-corrected chi connectivity index (χ2v) is 4.22. The van der Waals surface area contributed by atoms with Gasteiger partial charge in [0.05, 0.1) is 12.8 Å². The van der Waals surface area contributed by atoms with E-state index >= 15 is 0 Å². The molecule has 0 amide bonds. The largest absolute Gasteiger partial charge is 0.495 e. The van der Waals surface area contributed by atoms with Gasteiger partial charge in [-0.15, -0.1) is 0 Å². The van der Waals surface area contributed by atoms with Crippen molar-refractivity contribution in [2.24, 2.45) is 5.84 Å². The lowest BCUT2D eigenvalue weighted by molar-refractivity contribution is 0.415. The SMILES string of the molecule is COc1ccccc1N(C)Cc1ccnc(NN)c1. The molecule has 0 fully saturated rings. The Kier molecular flexibility index (Phi) is 4.20. The molecular weight excluding hydrogens is 240 g/mol. The van der Waals surface area contributed by atoms with E-state index in [4.69, 9.17) is 10.6 Å². The first-order chi connectivity index (χ1) is 9.24. The molecule has 0 aliphatic heterocycles. The quantitative estimate of drug-likeness (QED) is 0.634. The lowest BCUT2D eigenvalue weighted by atomic mass is 10.2. The van der Waals surface area contributed by atoms with E-state index in [9.17, 15) is 0 Å². The van der Waals surface area contributed by atoms with Crippen LogP contribution in [0.3, 0.4) is 0 Å². The first kappa shape index (κ1) is 13.2. The number of para-hydroxylation sites is 2. The first-order valence-corrected chi connectivity index (χ1v) is 6.00. The molecule has 5 nitrogen and oxygen atoms in total. The molecule has 3 N–H and O–H groups in total. The average Bonchev–Trinajstić information content (AvgIpc) is 2.47. The van der Waals surface area contributed by atoms with Crippen molar-refractivity contribution in [1.82, 2.24) is 4.98 Å². The summed E-state index contributed by atoms with van der Waals surface area (Å²) in [5.74, 6) is 6.88. The Balaban J connectivity index is 2.18. The molecule has 0 atom stereocenters. The topological polar surface area (TPSA) is 63.4 Å². The Morgan fingerprint density at radius 2 is 2.11 bits per heavy atom. The first-order valence-electron chi connectivity index (χ1n) is 6.00. The molecule has 100 valence electrons. The molecule has 0 radical (unpaired) electrons. The molecule has 19 heavy (non-hydrogen) atoms. The zero-order valence-corrected chi connectivity index (χ0v) is 11.1. The van der Waals surface area contributed by atoms with Gasteiger partial charge in [-0.1, -0.05) is 12.1 Å². The highest BCUT2D eigenvalue weighted by Crippen LogP contribution is 2.27. The molecule has 5 heteroatoms. The van der Waals surface area contributed by atoms with Crippen molar-refractivity contribution in [2.45, 2.75) is 6.54 Å². The third-order valence-corrected chi connectivity index (χ3v) is 2.89. The van der Waals surface area contributed by atoms with E-state index < -0.39 is 0 Å². The number of hydrogen-bond acceptors (Lipinski definition) is 5. The fourth-order valence-electron chi connectivity index (χ4n) is 1.96. The summed E-state index contributed by atoms with van der Waals surface area (Å²) in [5, 5.41) is 0. The normalized spacial score (nSPS) is 10.1. The lowest BCUT2D eigenvalue weighted by Crippen LogP contribution is -2.17. The Labute approximate surface area is 113 Å². The maximum Gasteiger partial charge on any atom is 0.142 e. The number of nitrogen functional groups attached to an aromatic ring is 1. The van der Waals surface area contributed by atoms with Crippen molar-refractivity contribution in [2.75, 3.05) is 24.5 Å². The number of aromatic nitrogens is 1. The van der Waals surface area contributed by atoms with Gasteiger partial charge in [0.25, 0.3) is 0 Å². The molecule has 1 aromatic heterocycles. The van der Waals surface area contributed by atoms with Crippen LogP contribution in [0.1, 0.15) is 5.56 Å². The van der Waals surface area contributed by atoms with Gasteiger partial charge in [0.2, 0.25) is 0 Å². The van der Waals surface area contributed by atoms with Crippen LogP contribution in [0, 0.1) is 0 Å². The number of rotatable bonds is 5. The fraction of sp³-hybridized carbons (Fsp3) is 0.214. The number of nitrogens with one attached hydrogen (secondary N) is 1. The van der Waals surface area contributed by atoms with E-state index in [1.807, 2.05) is 43.4 Å². The van der Waals surface area contributed by atoms with Gasteiger partial charge in [-0.2, -0.15) is 0 Å². The molecule has 1 heterocycles. The summed E-state index contributed by atoms with van der Waals surface area (Å²) in [6.07, 6.45) is 1.74. The van der Waals surface area contributed by atoms with Crippen LogP contribution in [0.2, 0.25) is 0 Å². The number of anilines is 2. The number of hydrogen-bond donors (Lipinski definition) is 2. The van der Waals surface area contributed by atoms with Crippen molar-refractivity contribution in [3.63, 3.8) is 0 Å². The summed E-state index contributed by atoms with van der Waals surface area (Å²) < 4.78 is 5.36. The van der Waals surface area contributed by atoms with Crippen molar-refractivity contribution >= 4 is 11.5 Å². The van der Waals surface area contributed by atoms with Crippen LogP contribution in [0.25, 0.3) is 0 Å². The fourth-order valence-corrected chi connectivity index (χ4v) is 1.96. The molecule has 0 saturated carbocycles. The Hall–Kier alpha value is -2.27. The van der Waals surface area contributed by atoms with E-state index in [2.05, 4.69) is 15.3 Å². The minimum atomic E-state index is 0.658. The van der Waals surface area contributed by atoms with Gasteiger partial charge in [0.1, 0.15) is 11.6 Å². The van der Waals surface area contributed by atoms with Gasteiger partial charge in [0, 0.05) is 19.8 Å². The highest BCUT2D eigenvalue weighted by atomic mass is 16.5. The molecule has 2 rings (SSSR count). The summed E-state index contributed by atoms with van der Waals surface area (Å²) in [7, 11) is 3.70.